The summed E-state index contributed by atoms with van der Waals surface area (Å²) < 4.78 is 0. The molecule has 1 aromatic carbocycles. The van der Waals surface area contributed by atoms with Gasteiger partial charge in [0.1, 0.15) is 9.88 Å². The predicted octanol–water partition coefficient (Wildman–Crippen LogP) is 1.98. The monoisotopic (exact) mass is 247 g/mol. The molecule has 0 spiro atoms. The fourth-order valence-corrected chi connectivity index (χ4v) is 2.29. The molecule has 3 N–H and O–H groups in total. The Morgan fingerprint density at radius 1 is 1.41 bits per heavy atom. The molecule has 0 atom stereocenters. The summed E-state index contributed by atoms with van der Waals surface area (Å²) in [5, 5.41) is 0.825. The molecule has 0 unspecified atom stereocenters. The van der Waals surface area contributed by atoms with Crippen LogP contribution in [0.5, 0.6) is 0 Å². The molecular formula is C12H13N3OS. The molecule has 2 aromatic rings. The molecule has 0 fully saturated rings. The Balaban J connectivity index is 2.27. The molecule has 0 aliphatic carbocycles. The zero-order chi connectivity index (χ0) is 12.3. The molecule has 1 aromatic heterocycles. The van der Waals surface area contributed by atoms with Gasteiger partial charge in [-0.15, -0.1) is 11.3 Å². The molecule has 5 heteroatoms. The van der Waals surface area contributed by atoms with Gasteiger partial charge in [-0.05, 0) is 12.0 Å². The number of nitrogens with one attached hydrogen (secondary N) is 1. The van der Waals surface area contributed by atoms with Crippen molar-refractivity contribution < 1.29 is 4.79 Å². The van der Waals surface area contributed by atoms with E-state index in [2.05, 4.69) is 29.5 Å². The highest BCUT2D eigenvalue weighted by molar-refractivity contribution is 7.16. The van der Waals surface area contributed by atoms with Gasteiger partial charge in [-0.1, -0.05) is 31.2 Å². The first-order valence-electron chi connectivity index (χ1n) is 5.30. The molecule has 88 valence electrons. The Labute approximate surface area is 103 Å². The lowest BCUT2D eigenvalue weighted by Crippen LogP contribution is -2.29. The summed E-state index contributed by atoms with van der Waals surface area (Å²) in [5.74, 6) is 4.76. The first-order valence-corrected chi connectivity index (χ1v) is 6.12. The van der Waals surface area contributed by atoms with Crippen molar-refractivity contribution in [1.82, 2.24) is 10.4 Å². The van der Waals surface area contributed by atoms with Gasteiger partial charge in [-0.3, -0.25) is 10.2 Å². The van der Waals surface area contributed by atoms with Crippen molar-refractivity contribution in [3.63, 3.8) is 0 Å². The summed E-state index contributed by atoms with van der Waals surface area (Å²) in [6, 6.07) is 8.17. The number of carbonyl (C=O) groups excluding carboxylic acids is 1. The van der Waals surface area contributed by atoms with Gasteiger partial charge in [0, 0.05) is 5.56 Å². The fourth-order valence-electron chi connectivity index (χ4n) is 1.47. The quantitative estimate of drug-likeness (QED) is 0.495. The number of nitrogen functional groups attached to an aromatic ring is 1. The number of nitrogens with two attached hydrogens (primary N) is 1. The molecular weight excluding hydrogens is 234 g/mol. The smallest absolute Gasteiger partial charge is 0.276 e. The predicted molar refractivity (Wildman–Crippen MR) is 68.6 cm³/mol. The number of carbonyl (C=O) groups is 1. The minimum Gasteiger partial charge on any atom is -0.289 e. The van der Waals surface area contributed by atoms with E-state index in [-0.39, 0.29) is 5.91 Å². The Hall–Kier alpha value is -1.72. The number of rotatable bonds is 3. The lowest BCUT2D eigenvalue weighted by Gasteiger charge is -1.98. The van der Waals surface area contributed by atoms with Gasteiger partial charge < -0.3 is 0 Å². The summed E-state index contributed by atoms with van der Waals surface area (Å²) >= 11 is 1.33. The van der Waals surface area contributed by atoms with Gasteiger partial charge in [-0.25, -0.2) is 10.8 Å². The van der Waals surface area contributed by atoms with Crippen LogP contribution in [0.2, 0.25) is 0 Å². The maximum Gasteiger partial charge on any atom is 0.276 e. The zero-order valence-corrected chi connectivity index (χ0v) is 10.3. The lowest BCUT2D eigenvalue weighted by atomic mass is 10.1. The molecule has 0 saturated carbocycles. The molecule has 4 nitrogen and oxygen atoms in total. The Morgan fingerprint density at radius 2 is 2.12 bits per heavy atom. The van der Waals surface area contributed by atoms with Gasteiger partial charge in [0.05, 0.1) is 6.20 Å². The second-order valence-electron chi connectivity index (χ2n) is 3.55. The number of amides is 1. The van der Waals surface area contributed by atoms with Crippen molar-refractivity contribution in [2.75, 3.05) is 0 Å². The minimum absolute atomic E-state index is 0.307. The third-order valence-corrected chi connectivity index (χ3v) is 3.51. The number of aryl methyl sites for hydroxylation is 1. The summed E-state index contributed by atoms with van der Waals surface area (Å²) in [7, 11) is 0. The van der Waals surface area contributed by atoms with Gasteiger partial charge >= 0.3 is 0 Å². The van der Waals surface area contributed by atoms with E-state index in [9.17, 15) is 4.79 Å². The highest BCUT2D eigenvalue weighted by Crippen LogP contribution is 2.25. The normalized spacial score (nSPS) is 10.2. The third-order valence-electron chi connectivity index (χ3n) is 2.47. The lowest BCUT2D eigenvalue weighted by molar-refractivity contribution is 0.0957. The number of nitrogens with zero attached hydrogens (tertiary/aromatic N) is 1. The highest BCUT2D eigenvalue weighted by Gasteiger charge is 2.10. The van der Waals surface area contributed by atoms with Gasteiger partial charge in [0.15, 0.2) is 0 Å². The van der Waals surface area contributed by atoms with Crippen LogP contribution in [0.4, 0.5) is 0 Å². The van der Waals surface area contributed by atoms with Crippen LogP contribution in [0.15, 0.2) is 30.5 Å². The second-order valence-corrected chi connectivity index (χ2v) is 4.58. The van der Waals surface area contributed by atoms with Crippen molar-refractivity contribution in [2.24, 2.45) is 5.84 Å². The number of thiazole rings is 1. The zero-order valence-electron chi connectivity index (χ0n) is 9.43. The maximum atomic E-state index is 11.3. The first-order chi connectivity index (χ1) is 8.24. The van der Waals surface area contributed by atoms with Gasteiger partial charge in [0.2, 0.25) is 0 Å². The van der Waals surface area contributed by atoms with E-state index in [0.29, 0.717) is 4.88 Å². The van der Waals surface area contributed by atoms with Crippen LogP contribution in [-0.4, -0.2) is 10.9 Å². The molecule has 0 radical (unpaired) electrons. The van der Waals surface area contributed by atoms with E-state index < -0.39 is 0 Å². The van der Waals surface area contributed by atoms with Crippen LogP contribution in [0.1, 0.15) is 22.2 Å². The summed E-state index contributed by atoms with van der Waals surface area (Å²) in [4.78, 5) is 16.0. The summed E-state index contributed by atoms with van der Waals surface area (Å²) in [6.45, 7) is 2.11. The van der Waals surface area contributed by atoms with Crippen LogP contribution >= 0.6 is 11.3 Å². The number of benzene rings is 1. The number of hydrogen-bond donors (Lipinski definition) is 2. The van der Waals surface area contributed by atoms with Crippen LogP contribution in [-0.2, 0) is 6.42 Å². The molecule has 0 bridgehead atoms. The average molecular weight is 247 g/mol. The molecule has 1 amide bonds. The van der Waals surface area contributed by atoms with Crippen LogP contribution < -0.4 is 11.3 Å². The molecule has 2 rings (SSSR count). The molecule has 1 heterocycles. The van der Waals surface area contributed by atoms with Crippen molar-refractivity contribution >= 4 is 17.2 Å². The Bertz CT molecular complexity index is 519. The fraction of sp³-hybridized carbons (Fsp3) is 0.167. The number of hydrazine groups is 1. The van der Waals surface area contributed by atoms with Crippen LogP contribution in [0.3, 0.4) is 0 Å². The summed E-state index contributed by atoms with van der Waals surface area (Å²) in [5.41, 5.74) is 4.40. The molecule has 17 heavy (non-hydrogen) atoms. The molecule has 0 saturated heterocycles. The molecule has 0 aliphatic rings. The topological polar surface area (TPSA) is 68.0 Å². The highest BCUT2D eigenvalue weighted by atomic mass is 32.1. The van der Waals surface area contributed by atoms with Crippen LogP contribution in [0, 0.1) is 0 Å². The van der Waals surface area contributed by atoms with E-state index in [4.69, 9.17) is 5.84 Å². The van der Waals surface area contributed by atoms with Crippen molar-refractivity contribution in [3.8, 4) is 10.6 Å². The first kappa shape index (κ1) is 11.8. The third kappa shape index (κ3) is 2.51. The van der Waals surface area contributed by atoms with E-state index in [1.807, 2.05) is 12.1 Å². The Morgan fingerprint density at radius 3 is 2.71 bits per heavy atom. The average Bonchev–Trinajstić information content (AvgIpc) is 2.87. The van der Waals surface area contributed by atoms with E-state index in [0.717, 1.165) is 17.0 Å². The SMILES string of the molecule is CCc1ccc(-c2ncc(C(=O)NN)s2)cc1. The number of aromatic nitrogens is 1. The number of hydrogen-bond acceptors (Lipinski definition) is 4. The van der Waals surface area contributed by atoms with E-state index in [1.165, 1.54) is 23.1 Å². The minimum atomic E-state index is -0.307. The van der Waals surface area contributed by atoms with E-state index >= 15 is 0 Å². The summed E-state index contributed by atoms with van der Waals surface area (Å²) in [6.07, 6.45) is 2.55. The second kappa shape index (κ2) is 5.07. The maximum absolute atomic E-state index is 11.3. The van der Waals surface area contributed by atoms with Gasteiger partial charge in [0.25, 0.3) is 5.91 Å². The van der Waals surface area contributed by atoms with Crippen molar-refractivity contribution in [2.45, 2.75) is 13.3 Å². The van der Waals surface area contributed by atoms with E-state index in [1.54, 1.807) is 0 Å². The van der Waals surface area contributed by atoms with Crippen LogP contribution in [0.25, 0.3) is 10.6 Å². The van der Waals surface area contributed by atoms with Crippen molar-refractivity contribution in [1.29, 1.82) is 0 Å². The van der Waals surface area contributed by atoms with Crippen molar-refractivity contribution in [3.05, 3.63) is 40.9 Å². The standard InChI is InChI=1S/C12H13N3OS/c1-2-8-3-5-9(6-4-8)12-14-7-10(17-12)11(16)15-13/h3-7H,2,13H2,1H3,(H,15,16). The van der Waals surface area contributed by atoms with Gasteiger partial charge in [-0.2, -0.15) is 0 Å². The largest absolute Gasteiger partial charge is 0.289 e. The molecule has 0 aliphatic heterocycles. The Kier molecular flexibility index (Phi) is 3.51.